The highest BCUT2D eigenvalue weighted by atomic mass is 19.1. The molecule has 0 radical (unpaired) electrons. The number of nitrogens with zero attached hydrogens (tertiary/aromatic N) is 5. The smallest absolute Gasteiger partial charge is 0.224 e. The van der Waals surface area contributed by atoms with E-state index in [4.69, 9.17) is 0 Å². The molecule has 1 amide bonds. The molecular weight excluding hydrogens is 576 g/mol. The molecule has 6 aromatic rings. The first-order chi connectivity index (χ1) is 21.6. The molecule has 0 spiro atoms. The molecule has 45 heavy (non-hydrogen) atoms. The Morgan fingerprint density at radius 3 is 2.62 bits per heavy atom. The number of likely N-dealkylation sites (N-methyl/N-ethyl adjacent to an activating group) is 1. The molecule has 0 unspecified atom stereocenters. The maximum atomic E-state index is 15.4. The van der Waals surface area contributed by atoms with Gasteiger partial charge in [0.25, 0.3) is 0 Å². The van der Waals surface area contributed by atoms with E-state index >= 15 is 4.39 Å². The zero-order chi connectivity index (χ0) is 31.7. The fraction of sp³-hybridized carbons (Fsp3) is 0.242. The molecule has 4 aromatic heterocycles. The van der Waals surface area contributed by atoms with Crippen LogP contribution in [0.25, 0.3) is 55.8 Å². The van der Waals surface area contributed by atoms with Crippen molar-refractivity contribution in [2.24, 2.45) is 5.92 Å². The summed E-state index contributed by atoms with van der Waals surface area (Å²) in [6.07, 6.45) is 5.17. The van der Waals surface area contributed by atoms with Gasteiger partial charge in [-0.3, -0.25) is 14.9 Å². The summed E-state index contributed by atoms with van der Waals surface area (Å²) in [7, 11) is 3.96. The molecule has 0 atom stereocenters. The summed E-state index contributed by atoms with van der Waals surface area (Å²) >= 11 is 0. The van der Waals surface area contributed by atoms with Crippen LogP contribution in [-0.4, -0.2) is 68.1 Å². The Kier molecular flexibility index (Phi) is 8.22. The number of hydrogen-bond acceptors (Lipinski definition) is 7. The van der Waals surface area contributed by atoms with Crippen LogP contribution in [0.15, 0.2) is 61.1 Å². The Labute approximate surface area is 258 Å². The highest BCUT2D eigenvalue weighted by Crippen LogP contribution is 2.35. The summed E-state index contributed by atoms with van der Waals surface area (Å²) in [6, 6.07) is 11.5. The van der Waals surface area contributed by atoms with Gasteiger partial charge in [-0.15, -0.1) is 0 Å². The lowest BCUT2D eigenvalue weighted by molar-refractivity contribution is -0.116. The molecular formula is C33H33F2N9O. The fourth-order valence-corrected chi connectivity index (χ4v) is 5.21. The topological polar surface area (TPSA) is 128 Å². The van der Waals surface area contributed by atoms with Crippen LogP contribution in [0.1, 0.15) is 20.3 Å². The van der Waals surface area contributed by atoms with E-state index in [0.717, 1.165) is 6.54 Å². The number of fused-ring (bicyclic) bond motifs is 2. The average Bonchev–Trinajstić information content (AvgIpc) is 3.61. The minimum Gasteiger partial charge on any atom is -0.384 e. The van der Waals surface area contributed by atoms with Gasteiger partial charge in [0.05, 0.1) is 17.4 Å². The van der Waals surface area contributed by atoms with E-state index in [9.17, 15) is 9.18 Å². The number of carbonyl (C=O) groups excluding carboxylic acids is 1. The first kappa shape index (κ1) is 29.8. The second-order valence-corrected chi connectivity index (χ2v) is 11.7. The average molecular weight is 610 g/mol. The summed E-state index contributed by atoms with van der Waals surface area (Å²) in [5, 5.41) is 13.8. The van der Waals surface area contributed by atoms with Crippen LogP contribution in [0.2, 0.25) is 0 Å². The minimum atomic E-state index is -0.525. The number of halogens is 2. The van der Waals surface area contributed by atoms with Gasteiger partial charge < -0.3 is 20.5 Å². The molecule has 4 N–H and O–H groups in total. The van der Waals surface area contributed by atoms with Gasteiger partial charge in [-0.2, -0.15) is 5.10 Å². The van der Waals surface area contributed by atoms with E-state index in [0.29, 0.717) is 74.7 Å². The molecule has 0 aliphatic carbocycles. The number of aromatic nitrogens is 6. The standard InChI is InChI=1S/C33H33F2N9O/c1-18(2)9-28(45)39-24-12-21(16-36-17-24)19-13-26-29(27(35)14-19)42-43-31(26)33-40-30-25(5-6-38-32(30)41-33)20-10-22(34)15-23(11-20)37-7-8-44(3)4/h5-6,10-18,37H,7-9H2,1-4H3,(H,39,45)(H,42,43)(H,38,40,41). The van der Waals surface area contributed by atoms with Gasteiger partial charge in [0.1, 0.15) is 17.0 Å². The molecule has 230 valence electrons. The van der Waals surface area contributed by atoms with E-state index in [2.05, 4.69) is 40.8 Å². The number of pyridine rings is 2. The molecule has 0 saturated carbocycles. The zero-order valence-corrected chi connectivity index (χ0v) is 25.4. The fourth-order valence-electron chi connectivity index (χ4n) is 5.21. The van der Waals surface area contributed by atoms with Crippen molar-refractivity contribution >= 4 is 39.3 Å². The maximum absolute atomic E-state index is 15.4. The summed E-state index contributed by atoms with van der Waals surface area (Å²) in [4.78, 5) is 31.0. The molecule has 6 rings (SSSR count). The van der Waals surface area contributed by atoms with Crippen molar-refractivity contribution in [2.75, 3.05) is 37.8 Å². The third-order valence-electron chi connectivity index (χ3n) is 7.29. The SMILES string of the molecule is CC(C)CC(=O)Nc1cncc(-c2cc(F)c3n[nH]c(-c4nc5nccc(-c6cc(F)cc(NCCN(C)C)c6)c5[nH]4)c3c2)c1. The van der Waals surface area contributed by atoms with E-state index in [1.165, 1.54) is 18.2 Å². The summed E-state index contributed by atoms with van der Waals surface area (Å²) < 4.78 is 30.0. The van der Waals surface area contributed by atoms with E-state index in [-0.39, 0.29) is 23.2 Å². The Morgan fingerprint density at radius 2 is 1.82 bits per heavy atom. The zero-order valence-electron chi connectivity index (χ0n) is 25.4. The number of nitrogens with one attached hydrogen (secondary N) is 4. The third-order valence-corrected chi connectivity index (χ3v) is 7.29. The van der Waals surface area contributed by atoms with Gasteiger partial charge in [-0.05, 0) is 73.6 Å². The second kappa shape index (κ2) is 12.4. The number of aromatic amines is 2. The largest absolute Gasteiger partial charge is 0.384 e. The maximum Gasteiger partial charge on any atom is 0.224 e. The lowest BCUT2D eigenvalue weighted by Gasteiger charge is -2.13. The minimum absolute atomic E-state index is 0.115. The van der Waals surface area contributed by atoms with Crippen molar-refractivity contribution in [1.82, 2.24) is 35.0 Å². The van der Waals surface area contributed by atoms with Crippen LogP contribution in [0.5, 0.6) is 0 Å². The molecule has 0 aliphatic heterocycles. The van der Waals surface area contributed by atoms with Crippen LogP contribution in [0, 0.1) is 17.6 Å². The Morgan fingerprint density at radius 1 is 1.00 bits per heavy atom. The predicted octanol–water partition coefficient (Wildman–Crippen LogP) is 6.47. The summed E-state index contributed by atoms with van der Waals surface area (Å²) in [5.74, 6) is -0.398. The Hall–Kier alpha value is -5.23. The van der Waals surface area contributed by atoms with Crippen molar-refractivity contribution in [3.05, 3.63) is 72.7 Å². The van der Waals surface area contributed by atoms with Gasteiger partial charge in [0, 0.05) is 54.1 Å². The quantitative estimate of drug-likeness (QED) is 0.140. The van der Waals surface area contributed by atoms with Crippen LogP contribution >= 0.6 is 0 Å². The predicted molar refractivity (Wildman–Crippen MR) is 173 cm³/mol. The van der Waals surface area contributed by atoms with Crippen molar-refractivity contribution < 1.29 is 13.6 Å². The number of amides is 1. The van der Waals surface area contributed by atoms with Crippen molar-refractivity contribution in [1.29, 1.82) is 0 Å². The monoisotopic (exact) mass is 609 g/mol. The molecule has 12 heteroatoms. The number of anilines is 2. The van der Waals surface area contributed by atoms with E-state index in [1.807, 2.05) is 38.9 Å². The van der Waals surface area contributed by atoms with Crippen molar-refractivity contribution in [3.63, 3.8) is 0 Å². The lowest BCUT2D eigenvalue weighted by Crippen LogP contribution is -2.20. The van der Waals surface area contributed by atoms with E-state index < -0.39 is 5.82 Å². The van der Waals surface area contributed by atoms with Crippen molar-refractivity contribution in [2.45, 2.75) is 20.3 Å². The first-order valence-electron chi connectivity index (χ1n) is 14.6. The van der Waals surface area contributed by atoms with Crippen LogP contribution in [0.4, 0.5) is 20.2 Å². The van der Waals surface area contributed by atoms with E-state index in [1.54, 1.807) is 36.8 Å². The number of imidazole rings is 1. The highest BCUT2D eigenvalue weighted by molar-refractivity contribution is 5.98. The van der Waals surface area contributed by atoms with Gasteiger partial charge in [0.15, 0.2) is 17.3 Å². The van der Waals surface area contributed by atoms with Crippen LogP contribution < -0.4 is 10.6 Å². The Bertz CT molecular complexity index is 2020. The number of hydrogen-bond donors (Lipinski definition) is 4. The first-order valence-corrected chi connectivity index (χ1v) is 14.6. The molecule has 4 heterocycles. The lowest BCUT2D eigenvalue weighted by atomic mass is 10.0. The molecule has 0 saturated heterocycles. The third kappa shape index (κ3) is 6.50. The molecule has 0 aliphatic rings. The number of benzene rings is 2. The normalized spacial score (nSPS) is 11.6. The molecule has 0 bridgehead atoms. The van der Waals surface area contributed by atoms with Gasteiger partial charge in [0.2, 0.25) is 5.91 Å². The van der Waals surface area contributed by atoms with Crippen molar-refractivity contribution in [3.8, 4) is 33.8 Å². The number of H-pyrrole nitrogens is 2. The second-order valence-electron chi connectivity index (χ2n) is 11.7. The van der Waals surface area contributed by atoms with Gasteiger partial charge in [-0.25, -0.2) is 18.7 Å². The summed E-state index contributed by atoms with van der Waals surface area (Å²) in [5.41, 5.74) is 5.37. The highest BCUT2D eigenvalue weighted by Gasteiger charge is 2.19. The Balaban J connectivity index is 1.36. The van der Waals surface area contributed by atoms with Gasteiger partial charge in [-0.1, -0.05) is 13.8 Å². The number of carbonyl (C=O) groups is 1. The molecule has 10 nitrogen and oxygen atoms in total. The molecule has 2 aromatic carbocycles. The van der Waals surface area contributed by atoms with Crippen LogP contribution in [-0.2, 0) is 4.79 Å². The molecule has 0 fully saturated rings. The number of rotatable bonds is 10. The van der Waals surface area contributed by atoms with Gasteiger partial charge >= 0.3 is 0 Å². The summed E-state index contributed by atoms with van der Waals surface area (Å²) in [6.45, 7) is 5.40. The van der Waals surface area contributed by atoms with Crippen LogP contribution in [0.3, 0.4) is 0 Å².